The van der Waals surface area contributed by atoms with E-state index in [-0.39, 0.29) is 5.56 Å². The SMILES string of the molecule is C[C@H](OC(=O)c1ccoc1)C(=O)Nc1ccc2c(c1)OCCO2. The topological polar surface area (TPSA) is 87.0 Å². The van der Waals surface area contributed by atoms with Crippen molar-refractivity contribution in [3.63, 3.8) is 0 Å². The third-order valence-corrected chi connectivity index (χ3v) is 3.22. The van der Waals surface area contributed by atoms with Crippen molar-refractivity contribution in [2.24, 2.45) is 0 Å². The van der Waals surface area contributed by atoms with E-state index in [4.69, 9.17) is 18.6 Å². The van der Waals surface area contributed by atoms with Gasteiger partial charge < -0.3 is 23.9 Å². The van der Waals surface area contributed by atoms with Crippen LogP contribution < -0.4 is 14.8 Å². The maximum atomic E-state index is 12.1. The minimum absolute atomic E-state index is 0.254. The standard InChI is InChI=1S/C16H15NO6/c1-10(23-16(19)11-4-5-20-9-11)15(18)17-12-2-3-13-14(8-12)22-7-6-21-13/h2-5,8-10H,6-7H2,1H3,(H,17,18)/t10-/m0/s1. The van der Waals surface area contributed by atoms with Gasteiger partial charge in [0.05, 0.1) is 11.8 Å². The number of nitrogens with one attached hydrogen (secondary N) is 1. The lowest BCUT2D eigenvalue weighted by Crippen LogP contribution is -2.30. The van der Waals surface area contributed by atoms with Crippen LogP contribution in [0.4, 0.5) is 5.69 Å². The van der Waals surface area contributed by atoms with Gasteiger partial charge in [-0.05, 0) is 25.1 Å². The summed E-state index contributed by atoms with van der Waals surface area (Å²) in [4.78, 5) is 23.9. The number of esters is 1. The molecule has 0 bridgehead atoms. The van der Waals surface area contributed by atoms with E-state index in [9.17, 15) is 9.59 Å². The summed E-state index contributed by atoms with van der Waals surface area (Å²) in [5.41, 5.74) is 0.787. The van der Waals surface area contributed by atoms with Crippen LogP contribution in [0, 0.1) is 0 Å². The van der Waals surface area contributed by atoms with E-state index in [0.29, 0.717) is 30.4 Å². The van der Waals surface area contributed by atoms with E-state index in [0.717, 1.165) is 0 Å². The van der Waals surface area contributed by atoms with Gasteiger partial charge >= 0.3 is 5.97 Å². The van der Waals surface area contributed by atoms with Crippen LogP contribution in [0.25, 0.3) is 0 Å². The second-order valence-electron chi connectivity index (χ2n) is 4.91. The van der Waals surface area contributed by atoms with E-state index in [2.05, 4.69) is 5.32 Å². The summed E-state index contributed by atoms with van der Waals surface area (Å²) < 4.78 is 20.7. The molecule has 1 aromatic carbocycles. The molecular formula is C16H15NO6. The molecule has 0 saturated carbocycles. The molecule has 3 rings (SSSR count). The Morgan fingerprint density at radius 2 is 1.96 bits per heavy atom. The molecule has 2 heterocycles. The first-order valence-corrected chi connectivity index (χ1v) is 7.07. The Hall–Kier alpha value is -2.96. The van der Waals surface area contributed by atoms with E-state index in [1.807, 2.05) is 0 Å². The van der Waals surface area contributed by atoms with Crippen LogP contribution in [-0.2, 0) is 9.53 Å². The van der Waals surface area contributed by atoms with Gasteiger partial charge in [-0.2, -0.15) is 0 Å². The molecule has 1 aliphatic heterocycles. The molecule has 1 N–H and O–H groups in total. The number of hydrogen-bond acceptors (Lipinski definition) is 6. The van der Waals surface area contributed by atoms with E-state index in [1.54, 1.807) is 18.2 Å². The molecule has 1 aromatic heterocycles. The van der Waals surface area contributed by atoms with Crippen molar-refractivity contribution in [3.8, 4) is 11.5 Å². The van der Waals surface area contributed by atoms with Crippen molar-refractivity contribution < 1.29 is 28.2 Å². The average molecular weight is 317 g/mol. The van der Waals surface area contributed by atoms with Crippen LogP contribution in [0.5, 0.6) is 11.5 Å². The first-order chi connectivity index (χ1) is 11.1. The zero-order valence-electron chi connectivity index (χ0n) is 12.4. The third-order valence-electron chi connectivity index (χ3n) is 3.22. The van der Waals surface area contributed by atoms with Gasteiger partial charge in [0.25, 0.3) is 5.91 Å². The van der Waals surface area contributed by atoms with Crippen molar-refractivity contribution in [3.05, 3.63) is 42.4 Å². The zero-order chi connectivity index (χ0) is 16.2. The number of rotatable bonds is 4. The number of anilines is 1. The minimum atomic E-state index is -0.953. The lowest BCUT2D eigenvalue weighted by molar-refractivity contribution is -0.123. The maximum Gasteiger partial charge on any atom is 0.342 e. The summed E-state index contributed by atoms with van der Waals surface area (Å²) in [5.74, 6) is 0.132. The predicted molar refractivity (Wildman–Crippen MR) is 79.6 cm³/mol. The fraction of sp³-hybridized carbons (Fsp3) is 0.250. The highest BCUT2D eigenvalue weighted by atomic mass is 16.6. The van der Waals surface area contributed by atoms with Crippen LogP contribution >= 0.6 is 0 Å². The van der Waals surface area contributed by atoms with Crippen molar-refractivity contribution in [1.82, 2.24) is 0 Å². The summed E-state index contributed by atoms with van der Waals surface area (Å²) >= 11 is 0. The monoisotopic (exact) mass is 317 g/mol. The summed E-state index contributed by atoms with van der Waals surface area (Å²) in [5, 5.41) is 2.67. The van der Waals surface area contributed by atoms with Gasteiger partial charge in [0.15, 0.2) is 17.6 Å². The Kier molecular flexibility index (Phi) is 4.18. The fourth-order valence-corrected chi connectivity index (χ4v) is 2.03. The summed E-state index contributed by atoms with van der Waals surface area (Å²) in [6, 6.07) is 6.53. The Bertz CT molecular complexity index is 709. The maximum absolute atomic E-state index is 12.1. The molecule has 1 aliphatic rings. The van der Waals surface area contributed by atoms with E-state index in [1.165, 1.54) is 25.5 Å². The molecule has 0 spiro atoms. The van der Waals surface area contributed by atoms with Crippen molar-refractivity contribution in [1.29, 1.82) is 0 Å². The first-order valence-electron chi connectivity index (χ1n) is 7.07. The third kappa shape index (κ3) is 3.45. The number of ether oxygens (including phenoxy) is 3. The Morgan fingerprint density at radius 1 is 1.17 bits per heavy atom. The zero-order valence-corrected chi connectivity index (χ0v) is 12.4. The van der Waals surface area contributed by atoms with Gasteiger partial charge in [-0.1, -0.05) is 0 Å². The number of hydrogen-bond donors (Lipinski definition) is 1. The average Bonchev–Trinajstić information content (AvgIpc) is 3.09. The van der Waals surface area contributed by atoms with Crippen molar-refractivity contribution >= 4 is 17.6 Å². The van der Waals surface area contributed by atoms with Crippen LogP contribution in [-0.4, -0.2) is 31.2 Å². The molecule has 1 amide bonds. The van der Waals surface area contributed by atoms with Gasteiger partial charge in [0.1, 0.15) is 19.5 Å². The lowest BCUT2D eigenvalue weighted by Gasteiger charge is -2.19. The van der Waals surface area contributed by atoms with Crippen molar-refractivity contribution in [2.75, 3.05) is 18.5 Å². The Morgan fingerprint density at radius 3 is 2.70 bits per heavy atom. The molecule has 0 unspecified atom stereocenters. The molecule has 0 radical (unpaired) electrons. The van der Waals surface area contributed by atoms with Gasteiger partial charge in [-0.3, -0.25) is 4.79 Å². The molecule has 0 saturated heterocycles. The molecule has 23 heavy (non-hydrogen) atoms. The second-order valence-corrected chi connectivity index (χ2v) is 4.91. The second kappa shape index (κ2) is 6.43. The van der Waals surface area contributed by atoms with Gasteiger partial charge in [0.2, 0.25) is 0 Å². The highest BCUT2D eigenvalue weighted by molar-refractivity contribution is 5.97. The molecule has 2 aromatic rings. The summed E-state index contributed by atoms with van der Waals surface area (Å²) in [6.07, 6.45) is 1.66. The quantitative estimate of drug-likeness (QED) is 0.870. The number of benzene rings is 1. The number of furan rings is 1. The molecule has 120 valence electrons. The smallest absolute Gasteiger partial charge is 0.342 e. The fourth-order valence-electron chi connectivity index (χ4n) is 2.03. The molecule has 7 nitrogen and oxygen atoms in total. The lowest BCUT2D eigenvalue weighted by atomic mass is 10.2. The van der Waals surface area contributed by atoms with Crippen LogP contribution in [0.3, 0.4) is 0 Å². The largest absolute Gasteiger partial charge is 0.486 e. The summed E-state index contributed by atoms with van der Waals surface area (Å²) in [6.45, 7) is 2.45. The highest BCUT2D eigenvalue weighted by Crippen LogP contribution is 2.32. The van der Waals surface area contributed by atoms with Gasteiger partial charge in [0, 0.05) is 11.8 Å². The molecule has 0 fully saturated rings. The highest BCUT2D eigenvalue weighted by Gasteiger charge is 2.20. The van der Waals surface area contributed by atoms with Crippen LogP contribution in [0.2, 0.25) is 0 Å². The number of carbonyl (C=O) groups excluding carboxylic acids is 2. The van der Waals surface area contributed by atoms with E-state index >= 15 is 0 Å². The normalized spacial score (nSPS) is 14.0. The molecule has 0 aliphatic carbocycles. The number of carbonyl (C=O) groups is 2. The molecule has 1 atom stereocenters. The van der Waals surface area contributed by atoms with Gasteiger partial charge in [-0.25, -0.2) is 4.79 Å². The van der Waals surface area contributed by atoms with E-state index < -0.39 is 18.0 Å². The minimum Gasteiger partial charge on any atom is -0.486 e. The Labute approximate surface area is 132 Å². The van der Waals surface area contributed by atoms with Crippen LogP contribution in [0.15, 0.2) is 41.2 Å². The molecule has 7 heteroatoms. The number of fused-ring (bicyclic) bond motifs is 1. The Balaban J connectivity index is 1.61. The van der Waals surface area contributed by atoms with Crippen LogP contribution in [0.1, 0.15) is 17.3 Å². The first kappa shape index (κ1) is 15.0. The number of amides is 1. The predicted octanol–water partition coefficient (Wildman–Crippen LogP) is 2.23. The van der Waals surface area contributed by atoms with Crippen molar-refractivity contribution in [2.45, 2.75) is 13.0 Å². The molecular weight excluding hydrogens is 302 g/mol. The van der Waals surface area contributed by atoms with Gasteiger partial charge in [-0.15, -0.1) is 0 Å². The summed E-state index contributed by atoms with van der Waals surface area (Å²) in [7, 11) is 0.